The number of ether oxygens (including phenoxy) is 1. The van der Waals surface area contributed by atoms with E-state index in [1.807, 2.05) is 6.92 Å². The van der Waals surface area contributed by atoms with Gasteiger partial charge in [0.2, 0.25) is 0 Å². The standard InChI is InChI=1S/C16H23FN2O3/c1-10(11-4-7-14(22-3)13(17)8-11)18-15(21)19-16(2,9-20)12-5-6-12/h4,7-8,10,12,20H,5-6,9H2,1-3H3,(H2,18,19,21). The number of halogens is 1. The number of aliphatic hydroxyl groups excluding tert-OH is 1. The highest BCUT2D eigenvalue weighted by atomic mass is 19.1. The maximum absolute atomic E-state index is 13.7. The first-order valence-electron chi connectivity index (χ1n) is 7.42. The van der Waals surface area contributed by atoms with E-state index in [9.17, 15) is 14.3 Å². The van der Waals surface area contributed by atoms with Crippen molar-refractivity contribution >= 4 is 6.03 Å². The van der Waals surface area contributed by atoms with E-state index >= 15 is 0 Å². The largest absolute Gasteiger partial charge is 0.494 e. The summed E-state index contributed by atoms with van der Waals surface area (Å²) < 4.78 is 18.6. The Kier molecular flexibility index (Phi) is 4.90. The smallest absolute Gasteiger partial charge is 0.315 e. The predicted octanol–water partition coefficient (Wildman–Crippen LogP) is 2.36. The van der Waals surface area contributed by atoms with Crippen LogP contribution in [0.4, 0.5) is 9.18 Å². The lowest BCUT2D eigenvalue weighted by Gasteiger charge is -2.29. The fourth-order valence-electron chi connectivity index (χ4n) is 2.52. The third-order valence-corrected chi connectivity index (χ3v) is 4.23. The van der Waals surface area contributed by atoms with E-state index in [4.69, 9.17) is 4.74 Å². The Bertz CT molecular complexity index is 548. The van der Waals surface area contributed by atoms with Crippen LogP contribution in [-0.2, 0) is 0 Å². The number of benzene rings is 1. The first kappa shape index (κ1) is 16.5. The van der Waals surface area contributed by atoms with Crippen LogP contribution in [0, 0.1) is 11.7 Å². The molecule has 1 aromatic carbocycles. The molecule has 0 spiro atoms. The molecule has 2 rings (SSSR count). The molecule has 0 aliphatic heterocycles. The van der Waals surface area contributed by atoms with Crippen LogP contribution >= 0.6 is 0 Å². The van der Waals surface area contributed by atoms with Gasteiger partial charge < -0.3 is 20.5 Å². The highest BCUT2D eigenvalue weighted by Crippen LogP contribution is 2.39. The van der Waals surface area contributed by atoms with Crippen molar-refractivity contribution in [2.45, 2.75) is 38.3 Å². The van der Waals surface area contributed by atoms with Crippen molar-refractivity contribution in [1.82, 2.24) is 10.6 Å². The summed E-state index contributed by atoms with van der Waals surface area (Å²) >= 11 is 0. The molecule has 1 saturated carbocycles. The molecule has 1 fully saturated rings. The molecular formula is C16H23FN2O3. The number of hydrogen-bond donors (Lipinski definition) is 3. The molecule has 0 bridgehead atoms. The number of nitrogens with one attached hydrogen (secondary N) is 2. The molecule has 2 unspecified atom stereocenters. The molecule has 2 atom stereocenters. The van der Waals surface area contributed by atoms with Crippen molar-refractivity contribution in [1.29, 1.82) is 0 Å². The highest BCUT2D eigenvalue weighted by Gasteiger charge is 2.42. The van der Waals surface area contributed by atoms with E-state index in [0.29, 0.717) is 11.5 Å². The van der Waals surface area contributed by atoms with Crippen LogP contribution in [-0.4, -0.2) is 30.4 Å². The molecule has 1 aromatic rings. The molecule has 1 aliphatic rings. The normalized spacial score (nSPS) is 18.2. The summed E-state index contributed by atoms with van der Waals surface area (Å²) in [7, 11) is 1.40. The van der Waals surface area contributed by atoms with E-state index in [2.05, 4.69) is 10.6 Å². The maximum Gasteiger partial charge on any atom is 0.315 e. The average molecular weight is 310 g/mol. The van der Waals surface area contributed by atoms with Gasteiger partial charge in [0.05, 0.1) is 25.3 Å². The van der Waals surface area contributed by atoms with E-state index in [1.165, 1.54) is 19.2 Å². The van der Waals surface area contributed by atoms with Gasteiger partial charge in [0.15, 0.2) is 11.6 Å². The van der Waals surface area contributed by atoms with Gasteiger partial charge in [0.25, 0.3) is 0 Å². The summed E-state index contributed by atoms with van der Waals surface area (Å²) in [5.41, 5.74) is 0.0418. The minimum atomic E-state index is -0.602. The molecule has 0 saturated heterocycles. The molecule has 0 aromatic heterocycles. The number of hydrogen-bond acceptors (Lipinski definition) is 3. The summed E-state index contributed by atoms with van der Waals surface area (Å²) in [5, 5.41) is 15.1. The first-order chi connectivity index (χ1) is 10.4. The molecule has 2 amide bonds. The quantitative estimate of drug-likeness (QED) is 0.755. The molecule has 0 heterocycles. The van der Waals surface area contributed by atoms with Crippen LogP contribution in [0.3, 0.4) is 0 Å². The molecule has 6 heteroatoms. The molecule has 5 nitrogen and oxygen atoms in total. The Morgan fingerprint density at radius 2 is 2.23 bits per heavy atom. The Balaban J connectivity index is 1.97. The zero-order valence-electron chi connectivity index (χ0n) is 13.1. The van der Waals surface area contributed by atoms with E-state index in [1.54, 1.807) is 13.0 Å². The van der Waals surface area contributed by atoms with Gasteiger partial charge in [-0.2, -0.15) is 0 Å². The Hall–Kier alpha value is -1.82. The monoisotopic (exact) mass is 310 g/mol. The Labute approximate surface area is 129 Å². The predicted molar refractivity (Wildman–Crippen MR) is 81.2 cm³/mol. The number of aliphatic hydroxyl groups is 1. The Morgan fingerprint density at radius 1 is 1.55 bits per heavy atom. The second-order valence-electron chi connectivity index (χ2n) is 6.06. The lowest BCUT2D eigenvalue weighted by atomic mass is 9.97. The van der Waals surface area contributed by atoms with E-state index in [-0.39, 0.29) is 24.4 Å². The van der Waals surface area contributed by atoms with Crippen molar-refractivity contribution in [2.24, 2.45) is 5.92 Å². The SMILES string of the molecule is COc1ccc(C(C)NC(=O)NC(C)(CO)C2CC2)cc1F. The van der Waals surface area contributed by atoms with Gasteiger partial charge in [-0.05, 0) is 50.3 Å². The highest BCUT2D eigenvalue weighted by molar-refractivity contribution is 5.75. The number of methoxy groups -OCH3 is 1. The summed E-state index contributed by atoms with van der Waals surface area (Å²) in [4.78, 5) is 12.1. The van der Waals surface area contributed by atoms with Gasteiger partial charge in [-0.15, -0.1) is 0 Å². The van der Waals surface area contributed by atoms with Gasteiger partial charge in [0.1, 0.15) is 0 Å². The minimum Gasteiger partial charge on any atom is -0.494 e. The molecular weight excluding hydrogens is 287 g/mol. The topological polar surface area (TPSA) is 70.6 Å². The second kappa shape index (κ2) is 6.52. The van der Waals surface area contributed by atoms with Crippen LogP contribution in [0.15, 0.2) is 18.2 Å². The van der Waals surface area contributed by atoms with Crippen molar-refractivity contribution in [3.05, 3.63) is 29.6 Å². The number of carbonyl (C=O) groups is 1. The number of rotatable bonds is 6. The van der Waals surface area contributed by atoms with E-state index in [0.717, 1.165) is 12.8 Å². The van der Waals surface area contributed by atoms with Gasteiger partial charge in [0, 0.05) is 0 Å². The summed E-state index contributed by atoms with van der Waals surface area (Å²) in [6, 6.07) is 3.85. The maximum atomic E-state index is 13.7. The van der Waals surface area contributed by atoms with Crippen molar-refractivity contribution in [3.63, 3.8) is 0 Å². The van der Waals surface area contributed by atoms with Gasteiger partial charge in [-0.25, -0.2) is 9.18 Å². The minimum absolute atomic E-state index is 0.101. The zero-order chi connectivity index (χ0) is 16.3. The van der Waals surface area contributed by atoms with Crippen molar-refractivity contribution in [2.75, 3.05) is 13.7 Å². The van der Waals surface area contributed by atoms with Gasteiger partial charge >= 0.3 is 6.03 Å². The summed E-state index contributed by atoms with van der Waals surface area (Å²) in [6.45, 7) is 3.51. The lowest BCUT2D eigenvalue weighted by molar-refractivity contribution is 0.154. The zero-order valence-corrected chi connectivity index (χ0v) is 13.1. The van der Waals surface area contributed by atoms with Crippen LogP contribution in [0.25, 0.3) is 0 Å². The van der Waals surface area contributed by atoms with E-state index < -0.39 is 11.4 Å². The van der Waals surface area contributed by atoms with Crippen LogP contribution in [0.1, 0.15) is 38.3 Å². The molecule has 3 N–H and O–H groups in total. The second-order valence-corrected chi connectivity index (χ2v) is 6.06. The van der Waals surface area contributed by atoms with Crippen LogP contribution in [0.2, 0.25) is 0 Å². The third-order valence-electron chi connectivity index (χ3n) is 4.23. The lowest BCUT2D eigenvalue weighted by Crippen LogP contribution is -2.54. The number of urea groups is 1. The molecule has 22 heavy (non-hydrogen) atoms. The fourth-order valence-corrected chi connectivity index (χ4v) is 2.52. The fraction of sp³-hybridized carbons (Fsp3) is 0.562. The molecule has 1 aliphatic carbocycles. The molecule has 0 radical (unpaired) electrons. The summed E-state index contributed by atoms with van der Waals surface area (Å²) in [5.74, 6) is 0.0196. The molecule has 122 valence electrons. The van der Waals surface area contributed by atoms with Gasteiger partial charge in [-0.1, -0.05) is 6.07 Å². The Morgan fingerprint density at radius 3 is 2.73 bits per heavy atom. The number of carbonyl (C=O) groups excluding carboxylic acids is 1. The van der Waals surface area contributed by atoms with Crippen molar-refractivity contribution in [3.8, 4) is 5.75 Å². The number of amides is 2. The van der Waals surface area contributed by atoms with Crippen LogP contribution in [0.5, 0.6) is 5.75 Å². The first-order valence-corrected chi connectivity index (χ1v) is 7.42. The van der Waals surface area contributed by atoms with Crippen LogP contribution < -0.4 is 15.4 Å². The average Bonchev–Trinajstić information content (AvgIpc) is 3.31. The summed E-state index contributed by atoms with van der Waals surface area (Å²) in [6.07, 6.45) is 2.02. The van der Waals surface area contributed by atoms with Crippen molar-refractivity contribution < 1.29 is 19.0 Å². The third kappa shape index (κ3) is 3.68. The van der Waals surface area contributed by atoms with Gasteiger partial charge in [-0.3, -0.25) is 0 Å².